The molecule has 1 amide bonds. The van der Waals surface area contributed by atoms with E-state index in [1.54, 1.807) is 29.5 Å². The quantitative estimate of drug-likeness (QED) is 0.672. The molecule has 0 radical (unpaired) electrons. The highest BCUT2D eigenvalue weighted by Gasteiger charge is 2.26. The van der Waals surface area contributed by atoms with Crippen molar-refractivity contribution >= 4 is 16.8 Å². The van der Waals surface area contributed by atoms with E-state index in [9.17, 15) is 13.6 Å². The van der Waals surface area contributed by atoms with Crippen LogP contribution in [-0.2, 0) is 0 Å². The first kappa shape index (κ1) is 18.5. The molecule has 3 heterocycles. The molecular weight excluding hydrogens is 368 g/mol. The van der Waals surface area contributed by atoms with Gasteiger partial charge in [-0.1, -0.05) is 0 Å². The SMILES string of the molecule is NC(=O)c1nc(-n2ccnc2)cc2cnn(C3CCC(NCC(F)F)CC3)c12. The monoisotopic (exact) mass is 389 g/mol. The smallest absolute Gasteiger partial charge is 0.269 e. The summed E-state index contributed by atoms with van der Waals surface area (Å²) in [5.74, 6) is -0.0840. The third-order valence-corrected chi connectivity index (χ3v) is 5.16. The number of nitrogens with zero attached hydrogens (tertiary/aromatic N) is 5. The van der Waals surface area contributed by atoms with Crippen LogP contribution in [0.3, 0.4) is 0 Å². The zero-order valence-electron chi connectivity index (χ0n) is 15.1. The fourth-order valence-electron chi connectivity index (χ4n) is 3.82. The summed E-state index contributed by atoms with van der Waals surface area (Å²) in [6.07, 6.45) is 7.40. The van der Waals surface area contributed by atoms with Gasteiger partial charge in [0.25, 0.3) is 12.3 Å². The zero-order chi connectivity index (χ0) is 19.7. The number of nitrogens with two attached hydrogens (primary N) is 1. The van der Waals surface area contributed by atoms with E-state index >= 15 is 0 Å². The maximum Gasteiger partial charge on any atom is 0.269 e. The van der Waals surface area contributed by atoms with Crippen LogP contribution in [0.1, 0.15) is 42.2 Å². The van der Waals surface area contributed by atoms with Crippen LogP contribution in [0.15, 0.2) is 31.0 Å². The first-order valence-electron chi connectivity index (χ1n) is 9.21. The summed E-state index contributed by atoms with van der Waals surface area (Å²) in [5.41, 5.74) is 6.38. The topological polar surface area (TPSA) is 104 Å². The fraction of sp³-hybridized carbons (Fsp3) is 0.444. The first-order valence-corrected chi connectivity index (χ1v) is 9.21. The summed E-state index contributed by atoms with van der Waals surface area (Å²) in [6.45, 7) is -0.285. The van der Waals surface area contributed by atoms with Crippen molar-refractivity contribution in [2.45, 2.75) is 44.2 Å². The fourth-order valence-corrected chi connectivity index (χ4v) is 3.82. The summed E-state index contributed by atoms with van der Waals surface area (Å²) >= 11 is 0. The van der Waals surface area contributed by atoms with Gasteiger partial charge in [0.05, 0.1) is 18.8 Å². The molecule has 10 heteroatoms. The Balaban J connectivity index is 1.61. The van der Waals surface area contributed by atoms with Crippen molar-refractivity contribution in [3.63, 3.8) is 0 Å². The molecule has 0 unspecified atom stereocenters. The number of nitrogens with one attached hydrogen (secondary N) is 1. The number of rotatable bonds is 6. The Hall–Kier alpha value is -2.88. The molecule has 1 aliphatic rings. The molecule has 28 heavy (non-hydrogen) atoms. The zero-order valence-corrected chi connectivity index (χ0v) is 15.1. The average Bonchev–Trinajstić information content (AvgIpc) is 3.35. The van der Waals surface area contributed by atoms with Crippen molar-refractivity contribution in [3.05, 3.63) is 36.7 Å². The van der Waals surface area contributed by atoms with Crippen LogP contribution in [0.5, 0.6) is 0 Å². The van der Waals surface area contributed by atoms with Crippen LogP contribution < -0.4 is 11.1 Å². The lowest BCUT2D eigenvalue weighted by atomic mass is 9.91. The van der Waals surface area contributed by atoms with Gasteiger partial charge in [0.15, 0.2) is 5.69 Å². The largest absolute Gasteiger partial charge is 0.364 e. The Morgan fingerprint density at radius 1 is 1.32 bits per heavy atom. The Morgan fingerprint density at radius 3 is 2.75 bits per heavy atom. The number of carbonyl (C=O) groups is 1. The van der Waals surface area contributed by atoms with E-state index in [0.29, 0.717) is 11.3 Å². The molecule has 0 spiro atoms. The predicted octanol–water partition coefficient (Wildman–Crippen LogP) is 2.05. The number of hydrogen-bond acceptors (Lipinski definition) is 5. The molecule has 3 N–H and O–H groups in total. The van der Waals surface area contributed by atoms with E-state index in [4.69, 9.17) is 5.73 Å². The number of halogens is 2. The summed E-state index contributed by atoms with van der Waals surface area (Å²) in [5, 5.41) is 8.16. The average molecular weight is 389 g/mol. The van der Waals surface area contributed by atoms with Gasteiger partial charge in [-0.15, -0.1) is 0 Å². The highest BCUT2D eigenvalue weighted by atomic mass is 19.3. The van der Waals surface area contributed by atoms with Crippen molar-refractivity contribution < 1.29 is 13.6 Å². The van der Waals surface area contributed by atoms with Gasteiger partial charge in [-0.2, -0.15) is 5.10 Å². The number of carbonyl (C=O) groups excluding carboxylic acids is 1. The maximum atomic E-state index is 12.4. The summed E-state index contributed by atoms with van der Waals surface area (Å²) < 4.78 is 28.3. The van der Waals surface area contributed by atoms with E-state index in [0.717, 1.165) is 31.1 Å². The highest BCUT2D eigenvalue weighted by Crippen LogP contribution is 2.32. The second kappa shape index (κ2) is 7.63. The lowest BCUT2D eigenvalue weighted by molar-refractivity contribution is 0.0996. The minimum atomic E-state index is -2.35. The Bertz CT molecular complexity index is 962. The maximum absolute atomic E-state index is 12.4. The van der Waals surface area contributed by atoms with Crippen LogP contribution in [-0.4, -0.2) is 49.2 Å². The van der Waals surface area contributed by atoms with Gasteiger partial charge in [-0.25, -0.2) is 18.7 Å². The van der Waals surface area contributed by atoms with Gasteiger partial charge < -0.3 is 11.1 Å². The van der Waals surface area contributed by atoms with Crippen LogP contribution in [0.2, 0.25) is 0 Å². The van der Waals surface area contributed by atoms with Crippen molar-refractivity contribution in [2.24, 2.45) is 5.73 Å². The number of imidazole rings is 1. The van der Waals surface area contributed by atoms with Crippen LogP contribution in [0, 0.1) is 0 Å². The number of alkyl halides is 2. The molecule has 4 rings (SSSR count). The van der Waals surface area contributed by atoms with Crippen molar-refractivity contribution in [3.8, 4) is 5.82 Å². The van der Waals surface area contributed by atoms with E-state index in [1.807, 2.05) is 10.7 Å². The Kier molecular flexibility index (Phi) is 5.03. The molecule has 3 aromatic heterocycles. The molecule has 0 aliphatic heterocycles. The summed E-state index contributed by atoms with van der Waals surface area (Å²) in [7, 11) is 0. The molecular formula is C18H21F2N7O. The number of fused-ring (bicyclic) bond motifs is 1. The normalized spacial score (nSPS) is 20.1. The number of pyridine rings is 1. The molecule has 1 aliphatic carbocycles. The van der Waals surface area contributed by atoms with Crippen molar-refractivity contribution in [1.82, 2.24) is 29.6 Å². The Morgan fingerprint density at radius 2 is 2.11 bits per heavy atom. The molecule has 0 aromatic carbocycles. The Labute approximate surface area is 159 Å². The number of aromatic nitrogens is 5. The third-order valence-electron chi connectivity index (χ3n) is 5.16. The number of primary amides is 1. The van der Waals surface area contributed by atoms with E-state index < -0.39 is 12.3 Å². The highest BCUT2D eigenvalue weighted by molar-refractivity contribution is 6.03. The van der Waals surface area contributed by atoms with Crippen molar-refractivity contribution in [2.75, 3.05) is 6.54 Å². The minimum absolute atomic E-state index is 0.0705. The molecule has 0 saturated heterocycles. The van der Waals surface area contributed by atoms with Gasteiger partial charge in [-0.3, -0.25) is 14.0 Å². The van der Waals surface area contributed by atoms with Crippen LogP contribution in [0.25, 0.3) is 16.7 Å². The standard InChI is InChI=1S/C18H21F2N7O/c19-14(20)9-23-12-1-3-13(4-2-12)27-17-11(8-24-27)7-15(25-16(17)18(21)28)26-6-5-22-10-26/h5-8,10,12-14,23H,1-4,9H2,(H2,21,28). The predicted molar refractivity (Wildman–Crippen MR) is 98.5 cm³/mol. The summed E-state index contributed by atoms with van der Waals surface area (Å²) in [6, 6.07) is 1.98. The molecule has 8 nitrogen and oxygen atoms in total. The van der Waals surface area contributed by atoms with E-state index in [2.05, 4.69) is 20.4 Å². The van der Waals surface area contributed by atoms with Gasteiger partial charge in [0, 0.05) is 23.8 Å². The first-order chi connectivity index (χ1) is 13.5. The number of hydrogen-bond donors (Lipinski definition) is 2. The molecule has 1 fully saturated rings. The van der Waals surface area contributed by atoms with Gasteiger partial charge >= 0.3 is 0 Å². The second-order valence-corrected chi connectivity index (χ2v) is 7.00. The van der Waals surface area contributed by atoms with E-state index in [-0.39, 0.29) is 24.3 Å². The third kappa shape index (κ3) is 3.59. The van der Waals surface area contributed by atoms with Crippen LogP contribution >= 0.6 is 0 Å². The molecule has 0 atom stereocenters. The molecule has 1 saturated carbocycles. The van der Waals surface area contributed by atoms with E-state index in [1.165, 1.54) is 0 Å². The van der Waals surface area contributed by atoms with Gasteiger partial charge in [-0.05, 0) is 31.7 Å². The second-order valence-electron chi connectivity index (χ2n) is 7.00. The van der Waals surface area contributed by atoms with Gasteiger partial charge in [0.1, 0.15) is 17.7 Å². The van der Waals surface area contributed by atoms with Gasteiger partial charge in [0.2, 0.25) is 0 Å². The molecule has 148 valence electrons. The molecule has 0 bridgehead atoms. The van der Waals surface area contributed by atoms with Crippen molar-refractivity contribution in [1.29, 1.82) is 0 Å². The lowest BCUT2D eigenvalue weighted by Gasteiger charge is -2.30. The number of amides is 1. The minimum Gasteiger partial charge on any atom is -0.364 e. The summed E-state index contributed by atoms with van der Waals surface area (Å²) in [4.78, 5) is 20.5. The lowest BCUT2D eigenvalue weighted by Crippen LogP contribution is -2.36. The molecule has 3 aromatic rings. The van der Waals surface area contributed by atoms with Crippen LogP contribution in [0.4, 0.5) is 8.78 Å².